The summed E-state index contributed by atoms with van der Waals surface area (Å²) in [6.07, 6.45) is 0. The summed E-state index contributed by atoms with van der Waals surface area (Å²) in [5.74, 6) is -1.89. The molecule has 0 atom stereocenters. The molecule has 2 aromatic rings. The molecule has 2 nitrogen and oxygen atoms in total. The van der Waals surface area contributed by atoms with Crippen LogP contribution in [0.15, 0.2) is 35.1 Å². The van der Waals surface area contributed by atoms with E-state index in [0.29, 0.717) is 11.1 Å². The third kappa shape index (κ3) is 2.22. The van der Waals surface area contributed by atoms with Crippen molar-refractivity contribution in [2.45, 2.75) is 0 Å². The van der Waals surface area contributed by atoms with Gasteiger partial charge in [-0.05, 0) is 29.3 Å². The minimum absolute atomic E-state index is 0.234. The van der Waals surface area contributed by atoms with E-state index < -0.39 is 11.6 Å². The molecule has 0 saturated heterocycles. The average Bonchev–Trinajstić information content (AvgIpc) is 2.29. The van der Waals surface area contributed by atoms with E-state index in [1.54, 1.807) is 0 Å². The second kappa shape index (κ2) is 4.30. The predicted molar refractivity (Wildman–Crippen MR) is 62.0 cm³/mol. The maximum absolute atomic E-state index is 13.1. The van der Waals surface area contributed by atoms with Gasteiger partial charge in [-0.2, -0.15) is 0 Å². The van der Waals surface area contributed by atoms with Crippen molar-refractivity contribution in [3.63, 3.8) is 0 Å². The first-order valence-corrected chi connectivity index (χ1v) is 5.19. The Kier molecular flexibility index (Phi) is 2.98. The fourth-order valence-corrected chi connectivity index (χ4v) is 1.65. The van der Waals surface area contributed by atoms with Crippen LogP contribution in [0, 0.1) is 11.6 Å². The Labute approximate surface area is 101 Å². The first-order chi connectivity index (χ1) is 7.99. The molecule has 0 spiro atoms. The number of hydrogen-bond acceptors (Lipinski definition) is 1. The van der Waals surface area contributed by atoms with Crippen LogP contribution in [0.3, 0.4) is 0 Å². The molecular weight excluding hydrogens is 248 g/mol. The highest BCUT2D eigenvalue weighted by Crippen LogP contribution is 2.22. The second-order valence-corrected chi connectivity index (χ2v) is 3.98. The summed E-state index contributed by atoms with van der Waals surface area (Å²) in [5.41, 5.74) is 0.553. The van der Waals surface area contributed by atoms with Gasteiger partial charge in [-0.15, -0.1) is 0 Å². The molecule has 0 bridgehead atoms. The zero-order valence-corrected chi connectivity index (χ0v) is 9.63. The topological polar surface area (TPSA) is 22.0 Å². The molecule has 0 radical (unpaired) electrons. The van der Waals surface area contributed by atoms with Gasteiger partial charge in [-0.3, -0.25) is 4.79 Å². The Bertz CT molecular complexity index is 637. The predicted octanol–water partition coefficient (Wildman–Crippen LogP) is 2.98. The number of benzene rings is 1. The molecule has 88 valence electrons. The molecule has 0 aliphatic carbocycles. The third-order valence-electron chi connectivity index (χ3n) is 2.46. The summed E-state index contributed by atoms with van der Waals surface area (Å²) in [6.45, 7) is 0. The van der Waals surface area contributed by atoms with Gasteiger partial charge >= 0.3 is 0 Å². The molecule has 1 aromatic carbocycles. The van der Waals surface area contributed by atoms with Crippen LogP contribution in [0.2, 0.25) is 5.15 Å². The average molecular weight is 256 g/mol. The molecule has 1 aromatic heterocycles. The first kappa shape index (κ1) is 11.8. The Morgan fingerprint density at radius 3 is 2.35 bits per heavy atom. The van der Waals surface area contributed by atoms with Crippen LogP contribution in [-0.4, -0.2) is 4.57 Å². The van der Waals surface area contributed by atoms with E-state index in [1.165, 1.54) is 29.8 Å². The SMILES string of the molecule is Cn1c(Cl)cc(-c2ccc(F)c(F)c2)cc1=O. The molecule has 0 aliphatic rings. The smallest absolute Gasteiger partial charge is 0.252 e. The van der Waals surface area contributed by atoms with Crippen molar-refractivity contribution >= 4 is 11.6 Å². The van der Waals surface area contributed by atoms with Crippen LogP contribution in [0.25, 0.3) is 11.1 Å². The lowest BCUT2D eigenvalue weighted by Crippen LogP contribution is -2.15. The van der Waals surface area contributed by atoms with Crippen molar-refractivity contribution < 1.29 is 8.78 Å². The van der Waals surface area contributed by atoms with E-state index in [1.807, 2.05) is 0 Å². The molecule has 0 N–H and O–H groups in total. The summed E-state index contributed by atoms with van der Waals surface area (Å²) < 4.78 is 27.1. The second-order valence-electron chi connectivity index (χ2n) is 3.59. The fraction of sp³-hybridized carbons (Fsp3) is 0.0833. The number of pyridine rings is 1. The Hall–Kier alpha value is -1.68. The monoisotopic (exact) mass is 255 g/mol. The maximum atomic E-state index is 13.1. The van der Waals surface area contributed by atoms with Gasteiger partial charge in [-0.1, -0.05) is 17.7 Å². The standard InChI is InChI=1S/C12H8ClF2NO/c1-16-11(13)5-8(6-12(16)17)7-2-3-9(14)10(15)4-7/h2-6H,1H3. The zero-order chi connectivity index (χ0) is 12.6. The molecule has 0 fully saturated rings. The van der Waals surface area contributed by atoms with Gasteiger partial charge in [0.15, 0.2) is 11.6 Å². The number of nitrogens with zero attached hydrogens (tertiary/aromatic N) is 1. The Morgan fingerprint density at radius 2 is 1.76 bits per heavy atom. The largest absolute Gasteiger partial charge is 0.302 e. The van der Waals surface area contributed by atoms with Crippen molar-refractivity contribution in [3.8, 4) is 11.1 Å². The third-order valence-corrected chi connectivity index (χ3v) is 2.82. The lowest BCUT2D eigenvalue weighted by molar-refractivity contribution is 0.509. The molecular formula is C12H8ClF2NO. The van der Waals surface area contributed by atoms with Crippen LogP contribution < -0.4 is 5.56 Å². The Morgan fingerprint density at radius 1 is 1.06 bits per heavy atom. The lowest BCUT2D eigenvalue weighted by Gasteiger charge is -2.05. The van der Waals surface area contributed by atoms with Gasteiger partial charge in [0.05, 0.1) is 0 Å². The molecule has 0 saturated carbocycles. The highest BCUT2D eigenvalue weighted by molar-refractivity contribution is 6.29. The molecule has 0 amide bonds. The van der Waals surface area contributed by atoms with E-state index in [9.17, 15) is 13.6 Å². The van der Waals surface area contributed by atoms with E-state index in [-0.39, 0.29) is 10.7 Å². The molecule has 0 aliphatic heterocycles. The summed E-state index contributed by atoms with van der Waals surface area (Å²) in [6, 6.07) is 6.27. The molecule has 0 unspecified atom stereocenters. The summed E-state index contributed by atoms with van der Waals surface area (Å²) >= 11 is 5.84. The van der Waals surface area contributed by atoms with Crippen LogP contribution in [-0.2, 0) is 7.05 Å². The van der Waals surface area contributed by atoms with Crippen molar-refractivity contribution in [1.82, 2.24) is 4.57 Å². The van der Waals surface area contributed by atoms with Crippen molar-refractivity contribution in [3.05, 3.63) is 57.5 Å². The van der Waals surface area contributed by atoms with Gasteiger partial charge < -0.3 is 4.57 Å². The van der Waals surface area contributed by atoms with Gasteiger partial charge in [-0.25, -0.2) is 8.78 Å². The molecule has 1 heterocycles. The van der Waals surface area contributed by atoms with Crippen molar-refractivity contribution in [1.29, 1.82) is 0 Å². The summed E-state index contributed by atoms with van der Waals surface area (Å²) in [4.78, 5) is 11.5. The first-order valence-electron chi connectivity index (χ1n) is 4.81. The Balaban J connectivity index is 2.61. The van der Waals surface area contributed by atoms with Gasteiger partial charge in [0, 0.05) is 13.1 Å². The van der Waals surface area contributed by atoms with Gasteiger partial charge in [0.25, 0.3) is 5.56 Å². The van der Waals surface area contributed by atoms with E-state index in [4.69, 9.17) is 11.6 Å². The number of hydrogen-bond donors (Lipinski definition) is 0. The minimum Gasteiger partial charge on any atom is -0.302 e. The van der Waals surface area contributed by atoms with Crippen LogP contribution in [0.1, 0.15) is 0 Å². The summed E-state index contributed by atoms with van der Waals surface area (Å²) in [5, 5.41) is 0.234. The lowest BCUT2D eigenvalue weighted by atomic mass is 10.1. The fourth-order valence-electron chi connectivity index (χ4n) is 1.44. The normalized spacial score (nSPS) is 10.6. The van der Waals surface area contributed by atoms with E-state index in [0.717, 1.165) is 12.1 Å². The molecule has 17 heavy (non-hydrogen) atoms. The van der Waals surface area contributed by atoms with E-state index >= 15 is 0 Å². The summed E-state index contributed by atoms with van der Waals surface area (Å²) in [7, 11) is 1.53. The van der Waals surface area contributed by atoms with Gasteiger partial charge in [0.1, 0.15) is 5.15 Å². The minimum atomic E-state index is -0.959. The zero-order valence-electron chi connectivity index (χ0n) is 8.88. The van der Waals surface area contributed by atoms with Crippen molar-refractivity contribution in [2.75, 3.05) is 0 Å². The highest BCUT2D eigenvalue weighted by atomic mass is 35.5. The quantitative estimate of drug-likeness (QED) is 0.718. The number of rotatable bonds is 1. The van der Waals surface area contributed by atoms with Crippen LogP contribution >= 0.6 is 11.6 Å². The highest BCUT2D eigenvalue weighted by Gasteiger charge is 2.07. The van der Waals surface area contributed by atoms with Crippen LogP contribution in [0.5, 0.6) is 0 Å². The maximum Gasteiger partial charge on any atom is 0.252 e. The van der Waals surface area contributed by atoms with Crippen molar-refractivity contribution in [2.24, 2.45) is 7.05 Å². The molecule has 2 rings (SSSR count). The van der Waals surface area contributed by atoms with E-state index in [2.05, 4.69) is 0 Å². The number of aromatic nitrogens is 1. The molecule has 5 heteroatoms. The van der Waals surface area contributed by atoms with Gasteiger partial charge in [0.2, 0.25) is 0 Å². The van der Waals surface area contributed by atoms with Crippen LogP contribution in [0.4, 0.5) is 8.78 Å². The number of halogens is 3.